The van der Waals surface area contributed by atoms with E-state index in [4.69, 9.17) is 4.74 Å². The Labute approximate surface area is 101 Å². The number of nitrogens with one attached hydrogen (secondary N) is 1. The standard InChI is InChI=1S/C12H10F3NO2/c1-6(17)10-8-5-7(18-2)3-4-9(8)16-11(10)12(13,14)15/h3-5,16H,1-2H3. The van der Waals surface area contributed by atoms with Crippen molar-refractivity contribution in [2.24, 2.45) is 0 Å². The first-order chi connectivity index (χ1) is 8.34. The van der Waals surface area contributed by atoms with Gasteiger partial charge in [-0.3, -0.25) is 4.79 Å². The number of ether oxygens (including phenoxy) is 1. The van der Waals surface area contributed by atoms with E-state index in [0.717, 1.165) is 6.92 Å². The van der Waals surface area contributed by atoms with Crippen LogP contribution in [-0.4, -0.2) is 17.9 Å². The highest BCUT2D eigenvalue weighted by atomic mass is 19.4. The number of hydrogen-bond donors (Lipinski definition) is 1. The summed E-state index contributed by atoms with van der Waals surface area (Å²) in [7, 11) is 1.41. The van der Waals surface area contributed by atoms with Crippen molar-refractivity contribution in [3.8, 4) is 5.75 Å². The number of hydrogen-bond acceptors (Lipinski definition) is 2. The van der Waals surface area contributed by atoms with Gasteiger partial charge in [0.2, 0.25) is 0 Å². The Kier molecular flexibility index (Phi) is 2.80. The number of carbonyl (C=O) groups is 1. The van der Waals surface area contributed by atoms with E-state index in [1.165, 1.54) is 25.3 Å². The second-order valence-electron chi connectivity index (χ2n) is 3.84. The van der Waals surface area contributed by atoms with Crippen LogP contribution in [0.3, 0.4) is 0 Å². The van der Waals surface area contributed by atoms with E-state index >= 15 is 0 Å². The summed E-state index contributed by atoms with van der Waals surface area (Å²) in [5.74, 6) is -0.237. The van der Waals surface area contributed by atoms with Crippen LogP contribution < -0.4 is 4.74 Å². The van der Waals surface area contributed by atoms with Gasteiger partial charge in [0.1, 0.15) is 11.4 Å². The normalized spacial score (nSPS) is 11.8. The van der Waals surface area contributed by atoms with Crippen LogP contribution in [0.2, 0.25) is 0 Å². The predicted octanol–water partition coefficient (Wildman–Crippen LogP) is 3.40. The lowest BCUT2D eigenvalue weighted by atomic mass is 10.1. The van der Waals surface area contributed by atoms with Crippen molar-refractivity contribution >= 4 is 16.7 Å². The number of aromatic nitrogens is 1. The lowest BCUT2D eigenvalue weighted by molar-refractivity contribution is -0.140. The summed E-state index contributed by atoms with van der Waals surface area (Å²) in [5, 5.41) is 0.217. The molecular weight excluding hydrogens is 247 g/mol. The van der Waals surface area contributed by atoms with Gasteiger partial charge in [-0.05, 0) is 25.1 Å². The van der Waals surface area contributed by atoms with E-state index < -0.39 is 17.7 Å². The molecule has 0 aliphatic carbocycles. The third-order valence-electron chi connectivity index (χ3n) is 2.64. The Morgan fingerprint density at radius 2 is 2.00 bits per heavy atom. The molecule has 0 aliphatic rings. The second-order valence-corrected chi connectivity index (χ2v) is 3.84. The van der Waals surface area contributed by atoms with Crippen molar-refractivity contribution in [3.63, 3.8) is 0 Å². The van der Waals surface area contributed by atoms with Gasteiger partial charge in [-0.15, -0.1) is 0 Å². The lowest BCUT2D eigenvalue weighted by Crippen LogP contribution is -2.10. The Bertz CT molecular complexity index is 614. The van der Waals surface area contributed by atoms with Gasteiger partial charge in [-0.1, -0.05) is 0 Å². The fourth-order valence-electron chi connectivity index (χ4n) is 1.88. The van der Waals surface area contributed by atoms with E-state index in [1.54, 1.807) is 0 Å². The molecule has 0 saturated heterocycles. The van der Waals surface area contributed by atoms with E-state index in [-0.39, 0.29) is 16.5 Å². The summed E-state index contributed by atoms with van der Waals surface area (Å²) >= 11 is 0. The maximum Gasteiger partial charge on any atom is 0.431 e. The summed E-state index contributed by atoms with van der Waals surface area (Å²) in [6, 6.07) is 4.40. The molecule has 1 aromatic heterocycles. The fraction of sp³-hybridized carbons (Fsp3) is 0.250. The molecular formula is C12H10F3NO2. The Hall–Kier alpha value is -1.98. The molecule has 0 radical (unpaired) electrons. The number of benzene rings is 1. The van der Waals surface area contributed by atoms with Crippen LogP contribution >= 0.6 is 0 Å². The molecule has 0 atom stereocenters. The minimum atomic E-state index is -4.59. The van der Waals surface area contributed by atoms with Crippen molar-refractivity contribution in [1.82, 2.24) is 4.98 Å². The quantitative estimate of drug-likeness (QED) is 0.838. The van der Waals surface area contributed by atoms with Crippen molar-refractivity contribution in [2.75, 3.05) is 7.11 Å². The molecule has 0 amide bonds. The van der Waals surface area contributed by atoms with Crippen molar-refractivity contribution in [3.05, 3.63) is 29.5 Å². The van der Waals surface area contributed by atoms with Gasteiger partial charge < -0.3 is 9.72 Å². The van der Waals surface area contributed by atoms with E-state index in [2.05, 4.69) is 4.98 Å². The second kappa shape index (κ2) is 4.04. The van der Waals surface area contributed by atoms with Gasteiger partial charge in [-0.25, -0.2) is 0 Å². The molecule has 1 heterocycles. The molecule has 18 heavy (non-hydrogen) atoms. The first-order valence-corrected chi connectivity index (χ1v) is 5.12. The Morgan fingerprint density at radius 3 is 2.50 bits per heavy atom. The minimum absolute atomic E-state index is 0.217. The highest BCUT2D eigenvalue weighted by Gasteiger charge is 2.37. The lowest BCUT2D eigenvalue weighted by Gasteiger charge is -2.05. The van der Waals surface area contributed by atoms with E-state index in [9.17, 15) is 18.0 Å². The molecule has 1 N–H and O–H groups in total. The highest BCUT2D eigenvalue weighted by molar-refractivity contribution is 6.08. The highest BCUT2D eigenvalue weighted by Crippen LogP contribution is 2.36. The third kappa shape index (κ3) is 1.94. The van der Waals surface area contributed by atoms with Crippen molar-refractivity contribution < 1.29 is 22.7 Å². The molecule has 1 aromatic carbocycles. The molecule has 0 saturated carbocycles. The Balaban J connectivity index is 2.81. The number of rotatable bonds is 2. The van der Waals surface area contributed by atoms with Crippen LogP contribution in [-0.2, 0) is 6.18 Å². The number of ketones is 1. The number of carbonyl (C=O) groups excluding carboxylic acids is 1. The number of halogens is 3. The summed E-state index contributed by atoms with van der Waals surface area (Å²) < 4.78 is 43.4. The number of aromatic amines is 1. The number of Topliss-reactive ketones (excluding diaryl/α,β-unsaturated/α-hetero) is 1. The monoisotopic (exact) mass is 257 g/mol. The van der Waals surface area contributed by atoms with Crippen LogP contribution in [0.4, 0.5) is 13.2 Å². The number of H-pyrrole nitrogens is 1. The molecule has 0 bridgehead atoms. The summed E-state index contributed by atoms with van der Waals surface area (Å²) in [6.45, 7) is 1.11. The zero-order chi connectivity index (χ0) is 13.5. The van der Waals surface area contributed by atoms with Crippen LogP contribution in [0.5, 0.6) is 5.75 Å². The maximum absolute atomic E-state index is 12.8. The van der Waals surface area contributed by atoms with Gasteiger partial charge in [0.25, 0.3) is 0 Å². The van der Waals surface area contributed by atoms with Gasteiger partial charge in [-0.2, -0.15) is 13.2 Å². The summed E-state index contributed by atoms with van der Waals surface area (Å²) in [4.78, 5) is 13.7. The van der Waals surface area contributed by atoms with E-state index in [0.29, 0.717) is 5.75 Å². The van der Waals surface area contributed by atoms with Gasteiger partial charge >= 0.3 is 6.18 Å². The van der Waals surface area contributed by atoms with Crippen LogP contribution in [0.25, 0.3) is 10.9 Å². The number of alkyl halides is 3. The van der Waals surface area contributed by atoms with E-state index in [1.807, 2.05) is 0 Å². The molecule has 0 unspecified atom stereocenters. The summed E-state index contributed by atoms with van der Waals surface area (Å²) in [5.41, 5.74) is -1.11. The van der Waals surface area contributed by atoms with Crippen LogP contribution in [0, 0.1) is 0 Å². The zero-order valence-corrected chi connectivity index (χ0v) is 9.68. The first-order valence-electron chi connectivity index (χ1n) is 5.12. The molecule has 0 fully saturated rings. The van der Waals surface area contributed by atoms with Crippen LogP contribution in [0.15, 0.2) is 18.2 Å². The topological polar surface area (TPSA) is 42.1 Å². The fourth-order valence-corrected chi connectivity index (χ4v) is 1.88. The first kappa shape index (κ1) is 12.5. The Morgan fingerprint density at radius 1 is 1.33 bits per heavy atom. The average Bonchev–Trinajstić information content (AvgIpc) is 2.66. The molecule has 2 rings (SSSR count). The van der Waals surface area contributed by atoms with Gasteiger partial charge in [0.05, 0.1) is 12.7 Å². The molecule has 96 valence electrons. The largest absolute Gasteiger partial charge is 0.497 e. The van der Waals surface area contributed by atoms with Crippen LogP contribution in [0.1, 0.15) is 23.0 Å². The SMILES string of the molecule is COc1ccc2[nH]c(C(F)(F)F)c(C(C)=O)c2c1. The number of fused-ring (bicyclic) bond motifs is 1. The predicted molar refractivity (Wildman–Crippen MR) is 59.9 cm³/mol. The average molecular weight is 257 g/mol. The smallest absolute Gasteiger partial charge is 0.431 e. The molecule has 6 heteroatoms. The molecule has 3 nitrogen and oxygen atoms in total. The molecule has 0 spiro atoms. The van der Waals surface area contributed by atoms with Gasteiger partial charge in [0.15, 0.2) is 5.78 Å². The van der Waals surface area contributed by atoms with Crippen molar-refractivity contribution in [2.45, 2.75) is 13.1 Å². The molecule has 0 aliphatic heterocycles. The summed E-state index contributed by atoms with van der Waals surface area (Å²) in [6.07, 6.45) is -4.59. The van der Waals surface area contributed by atoms with Crippen molar-refractivity contribution in [1.29, 1.82) is 0 Å². The van der Waals surface area contributed by atoms with Gasteiger partial charge in [0, 0.05) is 10.9 Å². The third-order valence-corrected chi connectivity index (χ3v) is 2.64. The molecule has 2 aromatic rings. The maximum atomic E-state index is 12.8. The zero-order valence-electron chi connectivity index (χ0n) is 9.68. The number of methoxy groups -OCH3 is 1. The minimum Gasteiger partial charge on any atom is -0.497 e.